The van der Waals surface area contributed by atoms with Crippen LogP contribution in [0.25, 0.3) is 33.4 Å². The molecule has 0 atom stereocenters. The highest BCUT2D eigenvalue weighted by Crippen LogP contribution is 2.43. The molecule has 0 aliphatic carbocycles. The molecular formula is C33H21F4NS. The fourth-order valence-corrected chi connectivity index (χ4v) is 5.57. The lowest BCUT2D eigenvalue weighted by Crippen LogP contribution is -2.16. The maximum atomic E-state index is 15.7. The summed E-state index contributed by atoms with van der Waals surface area (Å²) in [7, 11) is 0. The van der Waals surface area contributed by atoms with Crippen molar-refractivity contribution in [2.24, 2.45) is 0 Å². The Bertz CT molecular complexity index is 1780. The molecule has 0 N–H and O–H groups in total. The van der Waals surface area contributed by atoms with Gasteiger partial charge in [0.1, 0.15) is 5.69 Å². The minimum absolute atomic E-state index is 0.339. The van der Waals surface area contributed by atoms with Gasteiger partial charge in [-0.3, -0.25) is 0 Å². The lowest BCUT2D eigenvalue weighted by molar-refractivity contribution is 0.434. The number of terminal acetylenes is 1. The maximum absolute atomic E-state index is 15.7. The highest BCUT2D eigenvalue weighted by molar-refractivity contribution is 7.19. The van der Waals surface area contributed by atoms with Gasteiger partial charge in [0.2, 0.25) is 0 Å². The first-order valence-corrected chi connectivity index (χ1v) is 12.8. The Hall–Kier alpha value is -4.60. The summed E-state index contributed by atoms with van der Waals surface area (Å²) in [6, 6.07) is 21.7. The van der Waals surface area contributed by atoms with Crippen LogP contribution >= 0.6 is 11.3 Å². The summed E-state index contributed by atoms with van der Waals surface area (Å²) in [6.07, 6.45) is 10.3. The number of thiophene rings is 1. The molecule has 5 aromatic rings. The maximum Gasteiger partial charge on any atom is 0.197 e. The molecule has 39 heavy (non-hydrogen) atoms. The second kappa shape index (κ2) is 10.6. The molecule has 0 spiro atoms. The van der Waals surface area contributed by atoms with E-state index < -0.39 is 34.5 Å². The largest absolute Gasteiger partial charge is 0.305 e. The van der Waals surface area contributed by atoms with E-state index in [1.54, 1.807) is 42.5 Å². The Labute approximate surface area is 228 Å². The van der Waals surface area contributed by atoms with Crippen molar-refractivity contribution < 1.29 is 17.6 Å². The molecule has 0 aliphatic heterocycles. The van der Waals surface area contributed by atoms with Crippen LogP contribution in [-0.4, -0.2) is 0 Å². The number of rotatable bonds is 6. The van der Waals surface area contributed by atoms with Crippen LogP contribution in [0.4, 0.5) is 34.6 Å². The first kappa shape index (κ1) is 26.0. The molecule has 0 radical (unpaired) electrons. The highest BCUT2D eigenvalue weighted by Gasteiger charge is 2.29. The topological polar surface area (TPSA) is 3.24 Å². The van der Waals surface area contributed by atoms with Crippen LogP contribution in [0, 0.1) is 35.6 Å². The number of hydrogen-bond acceptors (Lipinski definition) is 2. The molecule has 4 aromatic carbocycles. The van der Waals surface area contributed by atoms with Crippen molar-refractivity contribution >= 4 is 50.6 Å². The van der Waals surface area contributed by atoms with E-state index in [4.69, 9.17) is 6.42 Å². The van der Waals surface area contributed by atoms with Crippen molar-refractivity contribution in [3.8, 4) is 23.5 Å². The van der Waals surface area contributed by atoms with Gasteiger partial charge in [0, 0.05) is 27.0 Å². The smallest absolute Gasteiger partial charge is 0.197 e. The first-order chi connectivity index (χ1) is 18.9. The summed E-state index contributed by atoms with van der Waals surface area (Å²) in [5.74, 6) is -3.64. The fraction of sp³-hybridized carbons (Fsp3) is 0.0303. The molecule has 5 rings (SSSR count). The Balaban J connectivity index is 1.76. The number of hydrogen-bond donors (Lipinski definition) is 0. The quantitative estimate of drug-likeness (QED) is 0.0898. The number of nitrogens with zero attached hydrogens (tertiary/aromatic N) is 1. The SMILES string of the molecule is C#Cc1sc2cc(N(c3ccc(-c4ccccc4)cc3)c3c(F)c(F)c(F)c(C=C)c3F)ccc2c1/C=C\C. The van der Waals surface area contributed by atoms with Crippen molar-refractivity contribution in [2.75, 3.05) is 4.90 Å². The molecule has 0 saturated carbocycles. The van der Waals surface area contributed by atoms with E-state index in [2.05, 4.69) is 12.5 Å². The Morgan fingerprint density at radius 3 is 2.10 bits per heavy atom. The zero-order valence-electron chi connectivity index (χ0n) is 20.8. The average Bonchev–Trinajstić information content (AvgIpc) is 3.32. The lowest BCUT2D eigenvalue weighted by atomic mass is 10.0. The van der Waals surface area contributed by atoms with Gasteiger partial charge in [0.25, 0.3) is 0 Å². The average molecular weight is 540 g/mol. The summed E-state index contributed by atoms with van der Waals surface area (Å²) in [5, 5.41) is 0.868. The molecule has 0 fully saturated rings. The van der Waals surface area contributed by atoms with Crippen LogP contribution in [0.2, 0.25) is 0 Å². The van der Waals surface area contributed by atoms with Crippen molar-refractivity contribution in [1.29, 1.82) is 0 Å². The van der Waals surface area contributed by atoms with Gasteiger partial charge in [-0.15, -0.1) is 17.8 Å². The second-order valence-electron chi connectivity index (χ2n) is 8.64. The van der Waals surface area contributed by atoms with E-state index in [-0.39, 0.29) is 0 Å². The summed E-state index contributed by atoms with van der Waals surface area (Å²) < 4.78 is 61.0. The van der Waals surface area contributed by atoms with E-state index in [9.17, 15) is 8.78 Å². The number of halogens is 4. The summed E-state index contributed by atoms with van der Waals surface area (Å²) in [4.78, 5) is 1.94. The van der Waals surface area contributed by atoms with Crippen LogP contribution < -0.4 is 4.90 Å². The number of allylic oxidation sites excluding steroid dienone is 1. The molecule has 0 bridgehead atoms. The van der Waals surface area contributed by atoms with Crippen LogP contribution in [0.5, 0.6) is 0 Å². The zero-order chi connectivity index (χ0) is 27.7. The molecular weight excluding hydrogens is 518 g/mol. The van der Waals surface area contributed by atoms with Gasteiger partial charge in [0.05, 0.1) is 10.4 Å². The van der Waals surface area contributed by atoms with Crippen LogP contribution in [-0.2, 0) is 0 Å². The van der Waals surface area contributed by atoms with E-state index in [0.717, 1.165) is 32.9 Å². The first-order valence-electron chi connectivity index (χ1n) is 12.0. The van der Waals surface area contributed by atoms with E-state index in [1.807, 2.05) is 49.4 Å². The highest BCUT2D eigenvalue weighted by atomic mass is 32.1. The second-order valence-corrected chi connectivity index (χ2v) is 9.69. The molecule has 1 aromatic heterocycles. The zero-order valence-corrected chi connectivity index (χ0v) is 21.6. The molecule has 192 valence electrons. The molecule has 0 aliphatic rings. The third-order valence-corrected chi connectivity index (χ3v) is 7.47. The minimum Gasteiger partial charge on any atom is -0.305 e. The van der Waals surface area contributed by atoms with Gasteiger partial charge < -0.3 is 4.90 Å². The van der Waals surface area contributed by atoms with Gasteiger partial charge >= 0.3 is 0 Å². The lowest BCUT2D eigenvalue weighted by Gasteiger charge is -2.27. The Morgan fingerprint density at radius 1 is 0.795 bits per heavy atom. The third-order valence-electron chi connectivity index (χ3n) is 6.37. The van der Waals surface area contributed by atoms with Crippen LogP contribution in [0.15, 0.2) is 85.5 Å². The standard InChI is InChI=1S/C33H21F4NS/c1-4-10-25-26-18-17-23(19-28(26)39-27(25)6-3)38(33-30(35)24(5-2)29(34)31(36)32(33)37)22-15-13-21(14-16-22)20-11-8-7-9-12-20/h3-5,7-19H,2H2,1H3/b10-4-. The monoisotopic (exact) mass is 539 g/mol. The van der Waals surface area contributed by atoms with Crippen molar-refractivity contribution in [1.82, 2.24) is 0 Å². The molecule has 0 saturated heterocycles. The summed E-state index contributed by atoms with van der Waals surface area (Å²) in [6.45, 7) is 5.26. The Morgan fingerprint density at radius 2 is 1.46 bits per heavy atom. The van der Waals surface area contributed by atoms with Crippen molar-refractivity contribution in [3.05, 3.63) is 125 Å². The number of anilines is 3. The number of fused-ring (bicyclic) bond motifs is 1. The van der Waals surface area contributed by atoms with Crippen molar-refractivity contribution in [2.45, 2.75) is 6.92 Å². The molecule has 0 amide bonds. The predicted molar refractivity (Wildman–Crippen MR) is 155 cm³/mol. The van der Waals surface area contributed by atoms with E-state index in [1.165, 1.54) is 16.2 Å². The fourth-order valence-electron chi connectivity index (χ4n) is 4.54. The summed E-state index contributed by atoms with van der Waals surface area (Å²) in [5.41, 5.74) is 1.87. The van der Waals surface area contributed by atoms with E-state index >= 15 is 8.78 Å². The van der Waals surface area contributed by atoms with Gasteiger partial charge in [0.15, 0.2) is 23.3 Å². The molecule has 6 heteroatoms. The van der Waals surface area contributed by atoms with Gasteiger partial charge in [-0.2, -0.15) is 0 Å². The third kappa shape index (κ3) is 4.52. The molecule has 1 heterocycles. The van der Waals surface area contributed by atoms with Gasteiger partial charge in [-0.05, 0) is 42.3 Å². The van der Waals surface area contributed by atoms with Crippen LogP contribution in [0.1, 0.15) is 22.9 Å². The normalized spacial score (nSPS) is 11.2. The Kier molecular flexibility index (Phi) is 7.10. The number of benzene rings is 4. The molecule has 0 unspecified atom stereocenters. The van der Waals surface area contributed by atoms with Crippen LogP contribution in [0.3, 0.4) is 0 Å². The molecule has 1 nitrogen and oxygen atoms in total. The van der Waals surface area contributed by atoms with Gasteiger partial charge in [-0.25, -0.2) is 17.6 Å². The summed E-state index contributed by atoms with van der Waals surface area (Å²) >= 11 is 1.36. The van der Waals surface area contributed by atoms with E-state index in [0.29, 0.717) is 16.3 Å². The van der Waals surface area contributed by atoms with Crippen molar-refractivity contribution in [3.63, 3.8) is 0 Å². The predicted octanol–water partition coefficient (Wildman–Crippen LogP) is 10.3. The minimum atomic E-state index is -1.78. The van der Waals surface area contributed by atoms with Gasteiger partial charge in [-0.1, -0.05) is 79.3 Å².